The van der Waals surface area contributed by atoms with Crippen molar-refractivity contribution < 1.29 is 0 Å². The maximum absolute atomic E-state index is 11.2. The van der Waals surface area contributed by atoms with Crippen molar-refractivity contribution in [3.8, 4) is 0 Å². The van der Waals surface area contributed by atoms with Gasteiger partial charge in [0.15, 0.2) is 5.96 Å². The summed E-state index contributed by atoms with van der Waals surface area (Å²) < 4.78 is 0. The number of H-pyrrole nitrogens is 2. The molecule has 1 aromatic heterocycles. The molecule has 1 aromatic rings. The highest BCUT2D eigenvalue weighted by Gasteiger charge is 2.18. The van der Waals surface area contributed by atoms with E-state index in [2.05, 4.69) is 10.3 Å². The molecule has 0 saturated carbocycles. The SMILES string of the molecule is N=C1NCCN1Cc1[nH]c(=O)[nH]c(=O)c1Cl. The highest BCUT2D eigenvalue weighted by Crippen LogP contribution is 2.09. The van der Waals surface area contributed by atoms with Crippen molar-refractivity contribution in [3.05, 3.63) is 31.6 Å². The van der Waals surface area contributed by atoms with Crippen molar-refractivity contribution in [1.82, 2.24) is 20.2 Å². The van der Waals surface area contributed by atoms with Crippen LogP contribution >= 0.6 is 11.6 Å². The van der Waals surface area contributed by atoms with E-state index in [4.69, 9.17) is 17.0 Å². The fourth-order valence-electron chi connectivity index (χ4n) is 1.51. The summed E-state index contributed by atoms with van der Waals surface area (Å²) in [5, 5.41) is 10.3. The van der Waals surface area contributed by atoms with Gasteiger partial charge in [-0.3, -0.25) is 15.2 Å². The zero-order chi connectivity index (χ0) is 11.7. The lowest BCUT2D eigenvalue weighted by Crippen LogP contribution is -2.32. The normalized spacial score (nSPS) is 15.3. The summed E-state index contributed by atoms with van der Waals surface area (Å²) in [7, 11) is 0. The third-order valence-corrected chi connectivity index (χ3v) is 2.69. The lowest BCUT2D eigenvalue weighted by atomic mass is 10.3. The van der Waals surface area contributed by atoms with Crippen LogP contribution in [0.2, 0.25) is 5.02 Å². The monoisotopic (exact) mass is 243 g/mol. The Kier molecular flexibility index (Phi) is 2.69. The zero-order valence-electron chi connectivity index (χ0n) is 8.26. The molecule has 4 N–H and O–H groups in total. The van der Waals surface area contributed by atoms with Crippen molar-refractivity contribution >= 4 is 17.6 Å². The van der Waals surface area contributed by atoms with E-state index >= 15 is 0 Å². The Morgan fingerprint density at radius 1 is 1.38 bits per heavy atom. The topological polar surface area (TPSA) is 105 Å². The average Bonchev–Trinajstić information content (AvgIpc) is 2.60. The van der Waals surface area contributed by atoms with E-state index < -0.39 is 11.2 Å². The molecule has 16 heavy (non-hydrogen) atoms. The van der Waals surface area contributed by atoms with Crippen LogP contribution in [0.1, 0.15) is 5.69 Å². The van der Waals surface area contributed by atoms with E-state index in [1.54, 1.807) is 4.90 Å². The standard InChI is InChI=1S/C8H10ClN5O2/c9-5-4(12-8(16)13-6(5)15)3-14-2-1-11-7(14)10/h1-3H2,(H2,10,11)(H2,12,13,15,16). The predicted molar refractivity (Wildman–Crippen MR) is 58.8 cm³/mol. The second-order valence-electron chi connectivity index (χ2n) is 3.40. The second-order valence-corrected chi connectivity index (χ2v) is 3.78. The van der Waals surface area contributed by atoms with Gasteiger partial charge >= 0.3 is 5.69 Å². The molecule has 0 spiro atoms. The van der Waals surface area contributed by atoms with Crippen LogP contribution in [0.3, 0.4) is 0 Å². The third kappa shape index (κ3) is 1.94. The molecule has 0 amide bonds. The molecule has 86 valence electrons. The van der Waals surface area contributed by atoms with Gasteiger partial charge in [-0.25, -0.2) is 4.79 Å². The van der Waals surface area contributed by atoms with E-state index in [-0.39, 0.29) is 17.5 Å². The Labute approximate surface area is 94.9 Å². The van der Waals surface area contributed by atoms with Crippen molar-refractivity contribution in [3.63, 3.8) is 0 Å². The molecule has 2 rings (SSSR count). The summed E-state index contributed by atoms with van der Waals surface area (Å²) in [6.45, 7) is 1.55. The minimum atomic E-state index is -0.612. The number of aromatic nitrogens is 2. The van der Waals surface area contributed by atoms with Crippen LogP contribution in [-0.2, 0) is 6.54 Å². The van der Waals surface area contributed by atoms with Gasteiger partial charge in [-0.2, -0.15) is 0 Å². The molecule has 8 heteroatoms. The highest BCUT2D eigenvalue weighted by atomic mass is 35.5. The molecule has 0 unspecified atom stereocenters. The van der Waals surface area contributed by atoms with Gasteiger partial charge in [0.05, 0.1) is 12.2 Å². The number of guanidine groups is 1. The lowest BCUT2D eigenvalue weighted by Gasteiger charge is -2.16. The van der Waals surface area contributed by atoms with Gasteiger partial charge in [-0.1, -0.05) is 11.6 Å². The van der Waals surface area contributed by atoms with Crippen molar-refractivity contribution in [1.29, 1.82) is 5.41 Å². The number of hydrogen-bond acceptors (Lipinski definition) is 3. The zero-order valence-corrected chi connectivity index (χ0v) is 9.02. The van der Waals surface area contributed by atoms with Gasteiger partial charge in [-0.05, 0) is 0 Å². The summed E-state index contributed by atoms with van der Waals surface area (Å²) in [6, 6.07) is 0. The number of nitrogens with one attached hydrogen (secondary N) is 4. The molecule has 7 nitrogen and oxygen atoms in total. The summed E-state index contributed by atoms with van der Waals surface area (Å²) >= 11 is 5.76. The molecule has 0 aliphatic carbocycles. The minimum Gasteiger partial charge on any atom is -0.355 e. The smallest absolute Gasteiger partial charge is 0.326 e. The van der Waals surface area contributed by atoms with Crippen molar-refractivity contribution in [2.24, 2.45) is 0 Å². The summed E-state index contributed by atoms with van der Waals surface area (Å²) in [5.74, 6) is 0.261. The summed E-state index contributed by atoms with van der Waals surface area (Å²) in [6.07, 6.45) is 0. The Morgan fingerprint density at radius 3 is 2.75 bits per heavy atom. The van der Waals surface area contributed by atoms with Gasteiger partial charge < -0.3 is 15.2 Å². The Bertz CT molecular complexity index is 534. The van der Waals surface area contributed by atoms with Crippen LogP contribution in [0.25, 0.3) is 0 Å². The maximum Gasteiger partial charge on any atom is 0.326 e. The first-order valence-corrected chi connectivity index (χ1v) is 5.04. The van der Waals surface area contributed by atoms with Gasteiger partial charge in [0, 0.05) is 13.1 Å². The van der Waals surface area contributed by atoms with Crippen molar-refractivity contribution in [2.75, 3.05) is 13.1 Å². The molecular weight excluding hydrogens is 234 g/mol. The molecule has 1 fully saturated rings. The second kappa shape index (κ2) is 4.01. The third-order valence-electron chi connectivity index (χ3n) is 2.30. The summed E-state index contributed by atoms with van der Waals surface area (Å²) in [5.41, 5.74) is -0.883. The van der Waals surface area contributed by atoms with Gasteiger partial charge in [0.1, 0.15) is 5.02 Å². The van der Waals surface area contributed by atoms with Gasteiger partial charge in [0.2, 0.25) is 0 Å². The maximum atomic E-state index is 11.2. The van der Waals surface area contributed by atoms with Crippen molar-refractivity contribution in [2.45, 2.75) is 6.54 Å². The number of hydrogen-bond donors (Lipinski definition) is 4. The first-order chi connectivity index (χ1) is 7.58. The quantitative estimate of drug-likeness (QED) is 0.538. The first kappa shape index (κ1) is 10.7. The molecular formula is C8H10ClN5O2. The first-order valence-electron chi connectivity index (χ1n) is 4.66. The number of halogens is 1. The number of aromatic amines is 2. The van der Waals surface area contributed by atoms with E-state index in [1.165, 1.54) is 0 Å². The molecule has 0 atom stereocenters. The van der Waals surface area contributed by atoms with Crippen LogP contribution in [0.15, 0.2) is 9.59 Å². The minimum absolute atomic E-state index is 0.0423. The van der Waals surface area contributed by atoms with Crippen LogP contribution in [-0.4, -0.2) is 33.9 Å². The van der Waals surface area contributed by atoms with Crippen LogP contribution in [0, 0.1) is 5.41 Å². The van der Waals surface area contributed by atoms with Crippen LogP contribution < -0.4 is 16.6 Å². The highest BCUT2D eigenvalue weighted by molar-refractivity contribution is 6.31. The molecule has 0 aromatic carbocycles. The average molecular weight is 244 g/mol. The molecule has 1 aliphatic heterocycles. The van der Waals surface area contributed by atoms with E-state index in [1.807, 2.05) is 4.98 Å². The summed E-state index contributed by atoms with van der Waals surface area (Å²) in [4.78, 5) is 28.4. The van der Waals surface area contributed by atoms with E-state index in [9.17, 15) is 9.59 Å². The van der Waals surface area contributed by atoms with Gasteiger partial charge in [-0.15, -0.1) is 0 Å². The van der Waals surface area contributed by atoms with Gasteiger partial charge in [0.25, 0.3) is 5.56 Å². The van der Waals surface area contributed by atoms with E-state index in [0.29, 0.717) is 18.8 Å². The Balaban J connectivity index is 2.31. The number of rotatable bonds is 2. The number of nitrogens with zero attached hydrogens (tertiary/aromatic N) is 1. The Hall–Kier alpha value is -1.76. The molecule has 0 radical (unpaired) electrons. The molecule has 1 saturated heterocycles. The van der Waals surface area contributed by atoms with Crippen LogP contribution in [0.5, 0.6) is 0 Å². The van der Waals surface area contributed by atoms with Crippen LogP contribution in [0.4, 0.5) is 0 Å². The van der Waals surface area contributed by atoms with E-state index in [0.717, 1.165) is 0 Å². The fourth-order valence-corrected chi connectivity index (χ4v) is 1.66. The lowest BCUT2D eigenvalue weighted by molar-refractivity contribution is 0.446. The molecule has 2 heterocycles. The Morgan fingerprint density at radius 2 is 2.12 bits per heavy atom. The fraction of sp³-hybridized carbons (Fsp3) is 0.375. The predicted octanol–water partition coefficient (Wildman–Crippen LogP) is -0.943. The largest absolute Gasteiger partial charge is 0.355 e. The molecule has 0 bridgehead atoms. The molecule has 1 aliphatic rings.